The lowest BCUT2D eigenvalue weighted by Crippen LogP contribution is -2.41. The Morgan fingerprint density at radius 3 is 2.71 bits per heavy atom. The summed E-state index contributed by atoms with van der Waals surface area (Å²) in [7, 11) is 1.61. The van der Waals surface area contributed by atoms with Gasteiger partial charge in [0.1, 0.15) is 11.0 Å². The quantitative estimate of drug-likeness (QED) is 0.577. The Hall–Kier alpha value is -3.00. The molecule has 0 spiro atoms. The fraction of sp³-hybridized carbons (Fsp3) is 0.348. The summed E-state index contributed by atoms with van der Waals surface area (Å²) in [5.74, 6) is 1.48. The van der Waals surface area contributed by atoms with E-state index in [4.69, 9.17) is 4.74 Å². The molecule has 2 N–H and O–H groups in total. The third kappa shape index (κ3) is 4.54. The molecule has 31 heavy (non-hydrogen) atoms. The van der Waals surface area contributed by atoms with Crippen LogP contribution in [0.3, 0.4) is 0 Å². The molecule has 1 amide bonds. The molecule has 0 bridgehead atoms. The van der Waals surface area contributed by atoms with Gasteiger partial charge in [0, 0.05) is 18.2 Å². The van der Waals surface area contributed by atoms with Gasteiger partial charge in [-0.3, -0.25) is 4.79 Å². The molecule has 2 heterocycles. The molecule has 2 aromatic carbocycles. The number of thioether (sulfide) groups is 1. The maximum atomic E-state index is 13.3. The smallest absolute Gasteiger partial charge is 0.240 e. The van der Waals surface area contributed by atoms with E-state index in [2.05, 4.69) is 59.1 Å². The standard InChI is InChI=1S/C23H27N5O2S/c1-4-7-19-25-26-23-28(19)27-20(16-12-10-15(5-2)11-13-16)21(31-23)22(29)24-17-8-6-9-18(14-17)30-3/h6,8-14,20-21,27H,4-5,7H2,1-3H3,(H,24,29)/t20-,21+/m0/s1. The molecule has 1 aromatic heterocycles. The van der Waals surface area contributed by atoms with Gasteiger partial charge in [0.2, 0.25) is 11.1 Å². The molecule has 0 radical (unpaired) electrons. The Balaban J connectivity index is 1.65. The predicted octanol–water partition coefficient (Wildman–Crippen LogP) is 4.20. The zero-order chi connectivity index (χ0) is 21.8. The minimum Gasteiger partial charge on any atom is -0.497 e. The van der Waals surface area contributed by atoms with Crippen molar-refractivity contribution in [2.24, 2.45) is 0 Å². The highest BCUT2D eigenvalue weighted by Crippen LogP contribution is 2.38. The number of hydrogen-bond donors (Lipinski definition) is 2. The zero-order valence-corrected chi connectivity index (χ0v) is 18.8. The highest BCUT2D eigenvalue weighted by molar-refractivity contribution is 8.00. The fourth-order valence-electron chi connectivity index (χ4n) is 3.61. The highest BCUT2D eigenvalue weighted by Gasteiger charge is 2.37. The molecule has 1 aliphatic rings. The van der Waals surface area contributed by atoms with Crippen LogP contribution in [0.4, 0.5) is 5.69 Å². The van der Waals surface area contributed by atoms with Crippen LogP contribution in [0.1, 0.15) is 43.3 Å². The summed E-state index contributed by atoms with van der Waals surface area (Å²) in [4.78, 5) is 13.3. The van der Waals surface area contributed by atoms with Crippen molar-refractivity contribution in [1.29, 1.82) is 0 Å². The first-order valence-electron chi connectivity index (χ1n) is 10.5. The second kappa shape index (κ2) is 9.43. The normalized spacial score (nSPS) is 17.5. The van der Waals surface area contributed by atoms with Gasteiger partial charge >= 0.3 is 0 Å². The molecule has 0 saturated heterocycles. The summed E-state index contributed by atoms with van der Waals surface area (Å²) in [5.41, 5.74) is 6.52. The lowest BCUT2D eigenvalue weighted by Gasteiger charge is -2.33. The first-order valence-corrected chi connectivity index (χ1v) is 11.4. The molecule has 1 aliphatic heterocycles. The number of carbonyl (C=O) groups excluding carboxylic acids is 1. The summed E-state index contributed by atoms with van der Waals surface area (Å²) in [6.45, 7) is 4.25. The van der Waals surface area contributed by atoms with E-state index in [-0.39, 0.29) is 11.9 Å². The SMILES string of the molecule is CCCc1nnc2n1N[C@@H](c1ccc(CC)cc1)[C@H](C(=O)Nc1cccc(OC)c1)S2. The third-order valence-corrected chi connectivity index (χ3v) is 6.54. The minimum atomic E-state index is -0.412. The second-order valence-corrected chi connectivity index (χ2v) is 8.55. The van der Waals surface area contributed by atoms with E-state index in [9.17, 15) is 4.79 Å². The van der Waals surface area contributed by atoms with E-state index in [0.29, 0.717) is 16.6 Å². The van der Waals surface area contributed by atoms with Crippen LogP contribution in [0.2, 0.25) is 0 Å². The van der Waals surface area contributed by atoms with Crippen LogP contribution in [0.15, 0.2) is 53.7 Å². The van der Waals surface area contributed by atoms with Crippen molar-refractivity contribution in [3.8, 4) is 5.75 Å². The number of hydrogen-bond acceptors (Lipinski definition) is 6. The molecule has 0 saturated carbocycles. The minimum absolute atomic E-state index is 0.0957. The maximum Gasteiger partial charge on any atom is 0.240 e. The summed E-state index contributed by atoms with van der Waals surface area (Å²) in [5, 5.41) is 12.0. The highest BCUT2D eigenvalue weighted by atomic mass is 32.2. The summed E-state index contributed by atoms with van der Waals surface area (Å²) >= 11 is 1.44. The number of anilines is 1. The van der Waals surface area contributed by atoms with Crippen molar-refractivity contribution in [1.82, 2.24) is 14.9 Å². The number of fused-ring (bicyclic) bond motifs is 1. The van der Waals surface area contributed by atoms with Gasteiger partial charge in [-0.15, -0.1) is 10.2 Å². The number of methoxy groups -OCH3 is 1. The van der Waals surface area contributed by atoms with Crippen LogP contribution in [0, 0.1) is 0 Å². The van der Waals surface area contributed by atoms with Crippen molar-refractivity contribution in [2.75, 3.05) is 17.9 Å². The Morgan fingerprint density at radius 2 is 2.00 bits per heavy atom. The summed E-state index contributed by atoms with van der Waals surface area (Å²) < 4.78 is 7.21. The number of nitrogens with zero attached hydrogens (tertiary/aromatic N) is 3. The summed E-state index contributed by atoms with van der Waals surface area (Å²) in [6.07, 6.45) is 2.77. The number of benzene rings is 2. The lowest BCUT2D eigenvalue weighted by atomic mass is 10.0. The van der Waals surface area contributed by atoms with E-state index in [1.54, 1.807) is 7.11 Å². The Kier molecular flexibility index (Phi) is 6.46. The van der Waals surface area contributed by atoms with Gasteiger partial charge < -0.3 is 15.5 Å². The van der Waals surface area contributed by atoms with Crippen LogP contribution in [-0.4, -0.2) is 33.1 Å². The first-order chi connectivity index (χ1) is 15.1. The van der Waals surface area contributed by atoms with Gasteiger partial charge in [0.25, 0.3) is 0 Å². The van der Waals surface area contributed by atoms with Crippen molar-refractivity contribution in [2.45, 2.75) is 49.6 Å². The third-order valence-electron chi connectivity index (χ3n) is 5.32. The molecule has 7 nitrogen and oxygen atoms in total. The zero-order valence-electron chi connectivity index (χ0n) is 18.0. The first kappa shape index (κ1) is 21.2. The molecular weight excluding hydrogens is 410 g/mol. The summed E-state index contributed by atoms with van der Waals surface area (Å²) in [6, 6.07) is 15.6. The van der Waals surface area contributed by atoms with Crippen LogP contribution in [0.5, 0.6) is 5.75 Å². The largest absolute Gasteiger partial charge is 0.497 e. The molecule has 162 valence electrons. The number of aryl methyl sites for hydroxylation is 2. The van der Waals surface area contributed by atoms with E-state index in [1.807, 2.05) is 28.9 Å². The number of nitrogens with one attached hydrogen (secondary N) is 2. The molecule has 8 heteroatoms. The van der Waals surface area contributed by atoms with Gasteiger partial charge in [0.15, 0.2) is 5.82 Å². The van der Waals surface area contributed by atoms with Crippen molar-refractivity contribution >= 4 is 23.4 Å². The van der Waals surface area contributed by atoms with Gasteiger partial charge in [-0.2, -0.15) is 0 Å². The predicted molar refractivity (Wildman–Crippen MR) is 123 cm³/mol. The monoisotopic (exact) mass is 437 g/mol. The number of carbonyl (C=O) groups is 1. The number of rotatable bonds is 7. The van der Waals surface area contributed by atoms with E-state index in [1.165, 1.54) is 17.3 Å². The van der Waals surface area contributed by atoms with Crippen molar-refractivity contribution in [3.63, 3.8) is 0 Å². The number of amides is 1. The van der Waals surface area contributed by atoms with E-state index in [0.717, 1.165) is 30.7 Å². The molecule has 2 atom stereocenters. The Bertz CT molecular complexity index is 1050. The number of aromatic nitrogens is 3. The van der Waals surface area contributed by atoms with Gasteiger partial charge in [-0.1, -0.05) is 55.9 Å². The average Bonchev–Trinajstić information content (AvgIpc) is 3.20. The average molecular weight is 438 g/mol. The van der Waals surface area contributed by atoms with Crippen LogP contribution < -0.4 is 15.5 Å². The molecule has 0 unspecified atom stereocenters. The van der Waals surface area contributed by atoms with Crippen molar-refractivity contribution < 1.29 is 9.53 Å². The molecule has 0 aliphatic carbocycles. The lowest BCUT2D eigenvalue weighted by molar-refractivity contribution is -0.116. The maximum absolute atomic E-state index is 13.3. The van der Waals surface area contributed by atoms with Gasteiger partial charge in [-0.25, -0.2) is 4.68 Å². The van der Waals surface area contributed by atoms with Gasteiger partial charge in [-0.05, 0) is 36.1 Å². The van der Waals surface area contributed by atoms with E-state index >= 15 is 0 Å². The van der Waals surface area contributed by atoms with Crippen LogP contribution in [0.25, 0.3) is 0 Å². The second-order valence-electron chi connectivity index (χ2n) is 7.45. The molecule has 4 rings (SSSR count). The van der Waals surface area contributed by atoms with Gasteiger partial charge in [0.05, 0.1) is 13.2 Å². The fourth-order valence-corrected chi connectivity index (χ4v) is 4.71. The van der Waals surface area contributed by atoms with Crippen LogP contribution >= 0.6 is 11.8 Å². The molecular formula is C23H27N5O2S. The van der Waals surface area contributed by atoms with Crippen molar-refractivity contribution in [3.05, 3.63) is 65.5 Å². The topological polar surface area (TPSA) is 81.1 Å². The van der Waals surface area contributed by atoms with E-state index < -0.39 is 5.25 Å². The Morgan fingerprint density at radius 1 is 1.19 bits per heavy atom. The molecule has 3 aromatic rings. The Labute approximate surface area is 186 Å². The number of ether oxygens (including phenoxy) is 1. The molecule has 0 fully saturated rings. The van der Waals surface area contributed by atoms with Crippen LogP contribution in [-0.2, 0) is 17.6 Å².